The molecular weight excluding hydrogens is 385 g/mol. The van der Waals surface area contributed by atoms with Crippen LogP contribution < -0.4 is 4.74 Å². The molecule has 0 fully saturated rings. The topological polar surface area (TPSA) is 66.8 Å². The number of nitrogens with zero attached hydrogens (tertiary/aromatic N) is 1. The maximum Gasteiger partial charge on any atom is 0.313 e. The molecule has 3 aromatic carbocycles. The third-order valence-corrected chi connectivity index (χ3v) is 5.43. The van der Waals surface area contributed by atoms with E-state index in [2.05, 4.69) is 0 Å². The lowest BCUT2D eigenvalue weighted by Gasteiger charge is -2.41. The van der Waals surface area contributed by atoms with Gasteiger partial charge in [0.1, 0.15) is 17.5 Å². The molecule has 4 rings (SSSR count). The van der Waals surface area contributed by atoms with Gasteiger partial charge in [-0.15, -0.1) is 0 Å². The standard InChI is InChI=1S/C24H20FNO4/c1-30-20-12-5-2-7-16(20)14-26-22(15-8-6-9-17(25)13-15)21(24(28)29)18-10-3-4-11-19(18)23(26)27/h2-13,21-22H,14H2,1H3,(H,28,29). The maximum atomic E-state index is 14.0. The molecule has 0 spiro atoms. The smallest absolute Gasteiger partial charge is 0.313 e. The summed E-state index contributed by atoms with van der Waals surface area (Å²) in [5.74, 6) is -2.30. The molecule has 0 saturated heterocycles. The molecule has 1 amide bonds. The van der Waals surface area contributed by atoms with Crippen molar-refractivity contribution in [3.05, 3.63) is 101 Å². The number of hydrogen-bond acceptors (Lipinski definition) is 3. The first-order valence-electron chi connectivity index (χ1n) is 9.51. The van der Waals surface area contributed by atoms with E-state index in [4.69, 9.17) is 4.74 Å². The van der Waals surface area contributed by atoms with Crippen molar-refractivity contribution in [1.29, 1.82) is 0 Å². The van der Waals surface area contributed by atoms with E-state index in [1.807, 2.05) is 18.2 Å². The van der Waals surface area contributed by atoms with Gasteiger partial charge in [-0.2, -0.15) is 0 Å². The molecule has 0 bridgehead atoms. The lowest BCUT2D eigenvalue weighted by Crippen LogP contribution is -2.44. The van der Waals surface area contributed by atoms with Crippen molar-refractivity contribution in [3.63, 3.8) is 0 Å². The fourth-order valence-corrected chi connectivity index (χ4v) is 4.11. The van der Waals surface area contributed by atoms with Crippen LogP contribution in [0.5, 0.6) is 5.75 Å². The summed E-state index contributed by atoms with van der Waals surface area (Å²) >= 11 is 0. The Bertz CT molecular complexity index is 1110. The Hall–Kier alpha value is -3.67. The second kappa shape index (κ2) is 7.99. The van der Waals surface area contributed by atoms with Gasteiger partial charge >= 0.3 is 5.97 Å². The van der Waals surface area contributed by atoms with Crippen molar-refractivity contribution in [2.75, 3.05) is 7.11 Å². The Morgan fingerprint density at radius 3 is 2.53 bits per heavy atom. The number of amides is 1. The van der Waals surface area contributed by atoms with E-state index in [9.17, 15) is 19.1 Å². The van der Waals surface area contributed by atoms with Crippen molar-refractivity contribution in [1.82, 2.24) is 4.90 Å². The molecule has 1 heterocycles. The first-order chi connectivity index (χ1) is 14.5. The van der Waals surface area contributed by atoms with E-state index < -0.39 is 23.7 Å². The fourth-order valence-electron chi connectivity index (χ4n) is 4.11. The molecular formula is C24H20FNO4. The number of para-hydroxylation sites is 1. The van der Waals surface area contributed by atoms with Crippen LogP contribution in [0.3, 0.4) is 0 Å². The van der Waals surface area contributed by atoms with Crippen LogP contribution in [0.1, 0.15) is 39.0 Å². The van der Waals surface area contributed by atoms with Gasteiger partial charge in [0.15, 0.2) is 0 Å². The zero-order valence-electron chi connectivity index (χ0n) is 16.3. The molecule has 0 saturated carbocycles. The van der Waals surface area contributed by atoms with Crippen LogP contribution in [0.25, 0.3) is 0 Å². The number of halogens is 1. The Labute approximate surface area is 173 Å². The summed E-state index contributed by atoms with van der Waals surface area (Å²) in [6.07, 6.45) is 0. The number of carbonyl (C=O) groups is 2. The van der Waals surface area contributed by atoms with Crippen LogP contribution in [-0.2, 0) is 11.3 Å². The molecule has 1 aliphatic heterocycles. The maximum absolute atomic E-state index is 14.0. The van der Waals surface area contributed by atoms with Gasteiger partial charge in [-0.1, -0.05) is 48.5 Å². The molecule has 2 unspecified atom stereocenters. The van der Waals surface area contributed by atoms with Gasteiger partial charge in [-0.05, 0) is 35.4 Å². The molecule has 152 valence electrons. The van der Waals surface area contributed by atoms with Crippen molar-refractivity contribution < 1.29 is 23.8 Å². The Morgan fingerprint density at radius 1 is 1.07 bits per heavy atom. The van der Waals surface area contributed by atoms with Gasteiger partial charge in [-0.3, -0.25) is 9.59 Å². The highest BCUT2D eigenvalue weighted by atomic mass is 19.1. The normalized spacial score (nSPS) is 18.1. The highest BCUT2D eigenvalue weighted by Crippen LogP contribution is 2.44. The number of rotatable bonds is 5. The number of aliphatic carboxylic acids is 1. The molecule has 6 heteroatoms. The molecule has 1 N–H and O–H groups in total. The molecule has 0 radical (unpaired) electrons. The van der Waals surface area contributed by atoms with E-state index in [1.54, 1.807) is 36.4 Å². The summed E-state index contributed by atoms with van der Waals surface area (Å²) in [6.45, 7) is 0.127. The SMILES string of the molecule is COc1ccccc1CN1C(=O)c2ccccc2C(C(=O)O)C1c1cccc(F)c1. The lowest BCUT2D eigenvalue weighted by molar-refractivity contribution is -0.140. The van der Waals surface area contributed by atoms with E-state index in [0.717, 1.165) is 5.56 Å². The molecule has 5 nitrogen and oxygen atoms in total. The molecule has 0 aliphatic carbocycles. The Balaban J connectivity index is 1.90. The van der Waals surface area contributed by atoms with Crippen LogP contribution in [-0.4, -0.2) is 29.0 Å². The number of fused-ring (bicyclic) bond motifs is 1. The summed E-state index contributed by atoms with van der Waals surface area (Å²) < 4.78 is 19.5. The molecule has 0 aromatic heterocycles. The second-order valence-corrected chi connectivity index (χ2v) is 7.15. The van der Waals surface area contributed by atoms with Gasteiger partial charge in [0, 0.05) is 11.1 Å². The quantitative estimate of drug-likeness (QED) is 0.683. The monoisotopic (exact) mass is 405 g/mol. The minimum Gasteiger partial charge on any atom is -0.496 e. The number of carboxylic acid groups (broad SMARTS) is 1. The predicted octanol–water partition coefficient (Wildman–Crippen LogP) is 4.40. The summed E-state index contributed by atoms with van der Waals surface area (Å²) in [5, 5.41) is 10.1. The average Bonchev–Trinajstić information content (AvgIpc) is 2.75. The van der Waals surface area contributed by atoms with Crippen LogP contribution in [0.4, 0.5) is 4.39 Å². The lowest BCUT2D eigenvalue weighted by atomic mass is 9.79. The van der Waals surface area contributed by atoms with E-state index in [0.29, 0.717) is 22.4 Å². The van der Waals surface area contributed by atoms with E-state index >= 15 is 0 Å². The molecule has 3 aromatic rings. The first kappa shape index (κ1) is 19.6. The second-order valence-electron chi connectivity index (χ2n) is 7.15. The third-order valence-electron chi connectivity index (χ3n) is 5.43. The zero-order valence-corrected chi connectivity index (χ0v) is 16.3. The fraction of sp³-hybridized carbons (Fsp3) is 0.167. The Morgan fingerprint density at radius 2 is 1.80 bits per heavy atom. The predicted molar refractivity (Wildman–Crippen MR) is 109 cm³/mol. The molecule has 2 atom stereocenters. The van der Waals surface area contributed by atoms with Crippen LogP contribution in [0.2, 0.25) is 0 Å². The summed E-state index contributed by atoms with van der Waals surface area (Å²) in [4.78, 5) is 27.3. The summed E-state index contributed by atoms with van der Waals surface area (Å²) in [6, 6.07) is 18.8. The largest absolute Gasteiger partial charge is 0.496 e. The number of hydrogen-bond donors (Lipinski definition) is 1. The highest BCUT2D eigenvalue weighted by Gasteiger charge is 2.44. The highest BCUT2D eigenvalue weighted by molar-refractivity contribution is 6.00. The van der Waals surface area contributed by atoms with Crippen molar-refractivity contribution in [3.8, 4) is 5.75 Å². The first-order valence-corrected chi connectivity index (χ1v) is 9.51. The van der Waals surface area contributed by atoms with Gasteiger partial charge in [0.25, 0.3) is 5.91 Å². The van der Waals surface area contributed by atoms with Crippen LogP contribution in [0.15, 0.2) is 72.8 Å². The summed E-state index contributed by atoms with van der Waals surface area (Å²) in [7, 11) is 1.54. The average molecular weight is 405 g/mol. The minimum absolute atomic E-state index is 0.127. The van der Waals surface area contributed by atoms with Gasteiger partial charge < -0.3 is 14.7 Å². The van der Waals surface area contributed by atoms with Crippen molar-refractivity contribution >= 4 is 11.9 Å². The van der Waals surface area contributed by atoms with Gasteiger partial charge in [0.05, 0.1) is 19.7 Å². The summed E-state index contributed by atoms with van der Waals surface area (Å²) in [5.41, 5.74) is 1.94. The third kappa shape index (κ3) is 3.41. The van der Waals surface area contributed by atoms with Crippen molar-refractivity contribution in [2.45, 2.75) is 18.5 Å². The van der Waals surface area contributed by atoms with E-state index in [1.165, 1.54) is 30.2 Å². The number of carboxylic acids is 1. The van der Waals surface area contributed by atoms with Crippen molar-refractivity contribution in [2.24, 2.45) is 0 Å². The Kier molecular flexibility index (Phi) is 5.23. The number of carbonyl (C=O) groups excluding carboxylic acids is 1. The number of benzene rings is 3. The minimum atomic E-state index is -1.07. The van der Waals surface area contributed by atoms with Gasteiger partial charge in [-0.25, -0.2) is 4.39 Å². The van der Waals surface area contributed by atoms with Gasteiger partial charge in [0.2, 0.25) is 0 Å². The zero-order chi connectivity index (χ0) is 21.3. The van der Waals surface area contributed by atoms with E-state index in [-0.39, 0.29) is 12.5 Å². The number of ether oxygens (including phenoxy) is 1. The van der Waals surface area contributed by atoms with Crippen LogP contribution in [0, 0.1) is 5.82 Å². The molecule has 30 heavy (non-hydrogen) atoms. The molecule has 1 aliphatic rings. The van der Waals surface area contributed by atoms with Crippen LogP contribution >= 0.6 is 0 Å². The number of methoxy groups -OCH3 is 1.